The van der Waals surface area contributed by atoms with Crippen LogP contribution in [-0.4, -0.2) is 17.6 Å². The van der Waals surface area contributed by atoms with Crippen molar-refractivity contribution in [2.24, 2.45) is 0 Å². The number of esters is 1. The number of aromatic nitrogens is 1. The van der Waals surface area contributed by atoms with Crippen LogP contribution in [0.15, 0.2) is 6.20 Å². The van der Waals surface area contributed by atoms with Crippen molar-refractivity contribution in [3.8, 4) is 11.6 Å². The zero-order valence-electron chi connectivity index (χ0n) is 12.3. The monoisotopic (exact) mass is 265 g/mol. The third kappa shape index (κ3) is 4.89. The van der Waals surface area contributed by atoms with Gasteiger partial charge in [-0.25, -0.2) is 4.98 Å². The summed E-state index contributed by atoms with van der Waals surface area (Å²) in [5.74, 6) is 0.748. The van der Waals surface area contributed by atoms with E-state index in [0.717, 1.165) is 23.3 Å². The lowest BCUT2D eigenvalue weighted by Gasteiger charge is -2.14. The Labute approximate surface area is 115 Å². The lowest BCUT2D eigenvalue weighted by atomic mass is 10.2. The van der Waals surface area contributed by atoms with Crippen LogP contribution >= 0.6 is 0 Å². The predicted octanol–water partition coefficient (Wildman–Crippen LogP) is 3.58. The van der Waals surface area contributed by atoms with Crippen molar-refractivity contribution in [3.63, 3.8) is 0 Å². The standard InChI is InChI=1S/C15H23NO3/c1-5-6-7-8-9-18-14-11(2)10-16-15(12(14)3)19-13(4)17/h10H,5-9H2,1-4H3. The van der Waals surface area contributed by atoms with E-state index in [4.69, 9.17) is 9.47 Å². The SMILES string of the molecule is CCCCCCOc1c(C)cnc(OC(C)=O)c1C. The highest BCUT2D eigenvalue weighted by Crippen LogP contribution is 2.29. The molecule has 0 aliphatic heterocycles. The maximum absolute atomic E-state index is 11.0. The number of rotatable bonds is 7. The molecule has 1 aromatic rings. The maximum atomic E-state index is 11.0. The second-order valence-electron chi connectivity index (χ2n) is 4.70. The third-order valence-corrected chi connectivity index (χ3v) is 2.88. The highest BCUT2D eigenvalue weighted by Gasteiger charge is 2.12. The van der Waals surface area contributed by atoms with Gasteiger partial charge in [0.1, 0.15) is 5.75 Å². The van der Waals surface area contributed by atoms with Gasteiger partial charge >= 0.3 is 5.97 Å². The zero-order chi connectivity index (χ0) is 14.3. The Morgan fingerprint density at radius 1 is 1.26 bits per heavy atom. The summed E-state index contributed by atoms with van der Waals surface area (Å²) in [5.41, 5.74) is 1.74. The second kappa shape index (κ2) is 7.77. The molecule has 0 amide bonds. The van der Waals surface area contributed by atoms with Crippen LogP contribution in [0.2, 0.25) is 0 Å². The Hall–Kier alpha value is -1.58. The van der Waals surface area contributed by atoms with E-state index in [0.29, 0.717) is 12.5 Å². The van der Waals surface area contributed by atoms with Crippen molar-refractivity contribution >= 4 is 5.97 Å². The van der Waals surface area contributed by atoms with Gasteiger partial charge in [-0.05, 0) is 20.3 Å². The molecule has 4 heteroatoms. The van der Waals surface area contributed by atoms with Gasteiger partial charge in [-0.1, -0.05) is 26.2 Å². The summed E-state index contributed by atoms with van der Waals surface area (Å²) in [6.45, 7) is 8.04. The number of unbranched alkanes of at least 4 members (excludes halogenated alkanes) is 3. The fourth-order valence-electron chi connectivity index (χ4n) is 1.87. The number of ether oxygens (including phenoxy) is 2. The molecule has 0 aromatic carbocycles. The molecule has 0 fully saturated rings. The minimum absolute atomic E-state index is 0.335. The first-order valence-electron chi connectivity index (χ1n) is 6.83. The second-order valence-corrected chi connectivity index (χ2v) is 4.70. The van der Waals surface area contributed by atoms with E-state index in [1.807, 2.05) is 13.8 Å². The highest BCUT2D eigenvalue weighted by atomic mass is 16.5. The first-order valence-corrected chi connectivity index (χ1v) is 6.83. The molecule has 0 N–H and O–H groups in total. The van der Waals surface area contributed by atoms with Crippen molar-refractivity contribution in [3.05, 3.63) is 17.3 Å². The van der Waals surface area contributed by atoms with Crippen LogP contribution in [0.4, 0.5) is 0 Å². The van der Waals surface area contributed by atoms with Gasteiger partial charge < -0.3 is 9.47 Å². The van der Waals surface area contributed by atoms with E-state index in [1.54, 1.807) is 6.20 Å². The van der Waals surface area contributed by atoms with Crippen molar-refractivity contribution < 1.29 is 14.3 Å². The lowest BCUT2D eigenvalue weighted by molar-refractivity contribution is -0.132. The van der Waals surface area contributed by atoms with Gasteiger partial charge in [-0.15, -0.1) is 0 Å². The fraction of sp³-hybridized carbons (Fsp3) is 0.600. The van der Waals surface area contributed by atoms with Crippen molar-refractivity contribution in [2.45, 2.75) is 53.4 Å². The molecule has 0 aliphatic rings. The number of carbonyl (C=O) groups excluding carboxylic acids is 1. The van der Waals surface area contributed by atoms with Gasteiger partial charge in [0.15, 0.2) is 0 Å². The van der Waals surface area contributed by atoms with Crippen LogP contribution in [0.25, 0.3) is 0 Å². The predicted molar refractivity (Wildman–Crippen MR) is 74.7 cm³/mol. The Kier molecular flexibility index (Phi) is 6.33. The Balaban J connectivity index is 2.67. The highest BCUT2D eigenvalue weighted by molar-refractivity contribution is 5.69. The molecule has 0 unspecified atom stereocenters. The minimum atomic E-state index is -0.367. The first-order chi connectivity index (χ1) is 9.06. The number of nitrogens with zero attached hydrogens (tertiary/aromatic N) is 1. The van der Waals surface area contributed by atoms with Gasteiger partial charge in [-0.2, -0.15) is 0 Å². The molecule has 0 aliphatic carbocycles. The molecular formula is C15H23NO3. The summed E-state index contributed by atoms with van der Waals surface area (Å²) in [6, 6.07) is 0. The van der Waals surface area contributed by atoms with Gasteiger partial charge in [0, 0.05) is 18.7 Å². The van der Waals surface area contributed by atoms with E-state index in [2.05, 4.69) is 11.9 Å². The molecule has 0 bridgehead atoms. The van der Waals surface area contributed by atoms with E-state index >= 15 is 0 Å². The summed E-state index contributed by atoms with van der Waals surface area (Å²) >= 11 is 0. The third-order valence-electron chi connectivity index (χ3n) is 2.88. The quantitative estimate of drug-likeness (QED) is 0.558. The average Bonchev–Trinajstić information content (AvgIpc) is 2.36. The molecule has 1 rings (SSSR count). The Morgan fingerprint density at radius 2 is 2.00 bits per heavy atom. The Morgan fingerprint density at radius 3 is 2.63 bits per heavy atom. The van der Waals surface area contributed by atoms with Crippen LogP contribution in [0.3, 0.4) is 0 Å². The van der Waals surface area contributed by atoms with E-state index < -0.39 is 0 Å². The average molecular weight is 265 g/mol. The van der Waals surface area contributed by atoms with Crippen LogP contribution in [0, 0.1) is 13.8 Å². The molecule has 19 heavy (non-hydrogen) atoms. The molecule has 0 spiro atoms. The number of pyridine rings is 1. The molecule has 0 saturated carbocycles. The maximum Gasteiger partial charge on any atom is 0.309 e. The van der Waals surface area contributed by atoms with Crippen LogP contribution in [0.1, 0.15) is 50.7 Å². The smallest absolute Gasteiger partial charge is 0.309 e. The van der Waals surface area contributed by atoms with E-state index in [1.165, 1.54) is 26.2 Å². The van der Waals surface area contributed by atoms with Crippen molar-refractivity contribution in [2.75, 3.05) is 6.61 Å². The molecule has 106 valence electrons. The zero-order valence-corrected chi connectivity index (χ0v) is 12.3. The molecule has 4 nitrogen and oxygen atoms in total. The van der Waals surface area contributed by atoms with Gasteiger partial charge in [-0.3, -0.25) is 4.79 Å². The van der Waals surface area contributed by atoms with Crippen LogP contribution in [-0.2, 0) is 4.79 Å². The summed E-state index contributed by atoms with van der Waals surface area (Å²) in [6.07, 6.45) is 6.33. The molecule has 1 heterocycles. The van der Waals surface area contributed by atoms with E-state index in [9.17, 15) is 4.79 Å². The lowest BCUT2D eigenvalue weighted by Crippen LogP contribution is -2.07. The molecule has 0 radical (unpaired) electrons. The molecule has 0 atom stereocenters. The summed E-state index contributed by atoms with van der Waals surface area (Å²) in [7, 11) is 0. The summed E-state index contributed by atoms with van der Waals surface area (Å²) in [5, 5.41) is 0. The van der Waals surface area contributed by atoms with Gasteiger partial charge in [0.2, 0.25) is 5.88 Å². The number of carbonyl (C=O) groups is 1. The topological polar surface area (TPSA) is 48.4 Å². The number of hydrogen-bond acceptors (Lipinski definition) is 4. The first kappa shape index (κ1) is 15.5. The van der Waals surface area contributed by atoms with Gasteiger partial charge in [0.05, 0.1) is 12.2 Å². The fourth-order valence-corrected chi connectivity index (χ4v) is 1.87. The number of aryl methyl sites for hydroxylation is 1. The summed E-state index contributed by atoms with van der Waals surface area (Å²) < 4.78 is 10.9. The number of hydrogen-bond donors (Lipinski definition) is 0. The molecular weight excluding hydrogens is 242 g/mol. The molecule has 1 aromatic heterocycles. The van der Waals surface area contributed by atoms with Gasteiger partial charge in [0.25, 0.3) is 0 Å². The molecule has 0 saturated heterocycles. The summed E-state index contributed by atoms with van der Waals surface area (Å²) in [4.78, 5) is 15.1. The minimum Gasteiger partial charge on any atom is -0.493 e. The normalized spacial score (nSPS) is 10.3. The van der Waals surface area contributed by atoms with Crippen LogP contribution < -0.4 is 9.47 Å². The van der Waals surface area contributed by atoms with E-state index in [-0.39, 0.29) is 5.97 Å². The van der Waals surface area contributed by atoms with Crippen LogP contribution in [0.5, 0.6) is 11.6 Å². The van der Waals surface area contributed by atoms with Crippen molar-refractivity contribution in [1.29, 1.82) is 0 Å². The Bertz CT molecular complexity index is 430. The van der Waals surface area contributed by atoms with Crippen molar-refractivity contribution in [1.82, 2.24) is 4.98 Å². The largest absolute Gasteiger partial charge is 0.493 e.